The first kappa shape index (κ1) is 12.5. The molecule has 0 radical (unpaired) electrons. The monoisotopic (exact) mass is 263 g/mol. The number of nitrogens with zero attached hydrogens (tertiary/aromatic N) is 1. The lowest BCUT2D eigenvalue weighted by Crippen LogP contribution is -2.00. The van der Waals surface area contributed by atoms with E-state index in [1.807, 2.05) is 13.0 Å². The van der Waals surface area contributed by atoms with Crippen molar-refractivity contribution in [2.45, 2.75) is 6.92 Å². The number of ether oxygens (including phenoxy) is 1. The Morgan fingerprint density at radius 1 is 1.33 bits per heavy atom. The third kappa shape index (κ3) is 2.65. The van der Waals surface area contributed by atoms with Gasteiger partial charge >= 0.3 is 0 Å². The average molecular weight is 264 g/mol. The van der Waals surface area contributed by atoms with Crippen molar-refractivity contribution in [3.63, 3.8) is 0 Å². The van der Waals surface area contributed by atoms with Crippen molar-refractivity contribution in [3.05, 3.63) is 41.0 Å². The number of nitrogens with one attached hydrogen (secondary N) is 1. The van der Waals surface area contributed by atoms with Crippen molar-refractivity contribution in [3.8, 4) is 5.75 Å². The molecule has 0 aliphatic rings. The van der Waals surface area contributed by atoms with Gasteiger partial charge in [0.2, 0.25) is 0 Å². The number of pyridine rings is 1. The van der Waals surface area contributed by atoms with E-state index in [-0.39, 0.29) is 0 Å². The summed E-state index contributed by atoms with van der Waals surface area (Å²) in [5, 5.41) is 3.68. The molecule has 0 atom stereocenters. The summed E-state index contributed by atoms with van der Waals surface area (Å²) < 4.78 is 5.15. The zero-order chi connectivity index (χ0) is 13.1. The molecule has 1 heterocycles. The van der Waals surface area contributed by atoms with Gasteiger partial charge in [-0.25, -0.2) is 4.98 Å². The lowest BCUT2D eigenvalue weighted by molar-refractivity contribution is 0.415. The first-order chi connectivity index (χ1) is 8.60. The van der Waals surface area contributed by atoms with E-state index in [9.17, 15) is 0 Å². The quantitative estimate of drug-likeness (QED) is 0.891. The van der Waals surface area contributed by atoms with Crippen LogP contribution in [0.3, 0.4) is 0 Å². The maximum absolute atomic E-state index is 6.10. The van der Waals surface area contributed by atoms with Crippen LogP contribution >= 0.6 is 11.6 Å². The van der Waals surface area contributed by atoms with Gasteiger partial charge in [0.1, 0.15) is 5.75 Å². The Morgan fingerprint density at radius 3 is 2.78 bits per heavy atom. The number of aryl methyl sites for hydroxylation is 1. The highest BCUT2D eigenvalue weighted by Crippen LogP contribution is 2.30. The number of rotatable bonds is 3. The van der Waals surface area contributed by atoms with Crippen molar-refractivity contribution in [1.82, 2.24) is 4.98 Å². The summed E-state index contributed by atoms with van der Waals surface area (Å²) in [5.41, 5.74) is 8.18. The van der Waals surface area contributed by atoms with Crippen molar-refractivity contribution < 1.29 is 4.74 Å². The van der Waals surface area contributed by atoms with E-state index < -0.39 is 0 Å². The van der Waals surface area contributed by atoms with Gasteiger partial charge in [-0.15, -0.1) is 0 Å². The Kier molecular flexibility index (Phi) is 3.58. The highest BCUT2D eigenvalue weighted by Gasteiger charge is 2.06. The Balaban J connectivity index is 2.33. The van der Waals surface area contributed by atoms with Crippen LogP contribution in [0.2, 0.25) is 5.02 Å². The minimum absolute atomic E-state index is 0.578. The van der Waals surface area contributed by atoms with Crippen LogP contribution in [0.4, 0.5) is 17.2 Å². The largest absolute Gasteiger partial charge is 0.497 e. The molecule has 3 N–H and O–H groups in total. The van der Waals surface area contributed by atoms with E-state index in [0.717, 1.165) is 5.56 Å². The Bertz CT molecular complexity index is 572. The van der Waals surface area contributed by atoms with Crippen LogP contribution in [0.15, 0.2) is 30.5 Å². The maximum atomic E-state index is 6.10. The second kappa shape index (κ2) is 5.14. The standard InChI is InChI=1S/C13H14ClN3O/c1-8-5-11(15)13(16-7-8)17-12-6-9(18-2)3-4-10(12)14/h3-7H,15H2,1-2H3,(H,16,17). The number of nitrogens with two attached hydrogens (primary N) is 1. The first-order valence-electron chi connectivity index (χ1n) is 5.43. The number of nitrogen functional groups attached to an aromatic ring is 1. The molecule has 2 aromatic rings. The fourth-order valence-corrected chi connectivity index (χ4v) is 1.72. The Hall–Kier alpha value is -1.94. The zero-order valence-electron chi connectivity index (χ0n) is 10.2. The minimum atomic E-state index is 0.578. The number of methoxy groups -OCH3 is 1. The highest BCUT2D eigenvalue weighted by atomic mass is 35.5. The summed E-state index contributed by atoms with van der Waals surface area (Å²) >= 11 is 6.10. The van der Waals surface area contributed by atoms with Gasteiger partial charge in [0.25, 0.3) is 0 Å². The summed E-state index contributed by atoms with van der Waals surface area (Å²) in [7, 11) is 1.60. The zero-order valence-corrected chi connectivity index (χ0v) is 11.0. The molecule has 0 aliphatic carbocycles. The van der Waals surface area contributed by atoms with Gasteiger partial charge in [-0.1, -0.05) is 11.6 Å². The van der Waals surface area contributed by atoms with Crippen LogP contribution < -0.4 is 15.8 Å². The molecular formula is C13H14ClN3O. The Labute approximate surface area is 111 Å². The van der Waals surface area contributed by atoms with Gasteiger partial charge in [-0.05, 0) is 30.7 Å². The number of benzene rings is 1. The first-order valence-corrected chi connectivity index (χ1v) is 5.80. The predicted molar refractivity (Wildman–Crippen MR) is 74.7 cm³/mol. The maximum Gasteiger partial charge on any atom is 0.153 e. The van der Waals surface area contributed by atoms with Crippen LogP contribution in [0.25, 0.3) is 0 Å². The second-order valence-electron chi connectivity index (χ2n) is 3.92. The van der Waals surface area contributed by atoms with Crippen molar-refractivity contribution in [2.75, 3.05) is 18.2 Å². The molecule has 0 spiro atoms. The molecule has 18 heavy (non-hydrogen) atoms. The minimum Gasteiger partial charge on any atom is -0.497 e. The third-order valence-electron chi connectivity index (χ3n) is 2.48. The topological polar surface area (TPSA) is 60.2 Å². The van der Waals surface area contributed by atoms with Crippen molar-refractivity contribution in [2.24, 2.45) is 0 Å². The summed E-state index contributed by atoms with van der Waals surface area (Å²) in [6, 6.07) is 7.19. The van der Waals surface area contributed by atoms with Gasteiger partial charge in [-0.2, -0.15) is 0 Å². The molecular weight excluding hydrogens is 250 g/mol. The van der Waals surface area contributed by atoms with Gasteiger partial charge < -0.3 is 15.8 Å². The number of halogens is 1. The molecule has 1 aromatic carbocycles. The predicted octanol–water partition coefficient (Wildman–Crippen LogP) is 3.38. The van der Waals surface area contributed by atoms with Gasteiger partial charge in [0, 0.05) is 12.3 Å². The smallest absolute Gasteiger partial charge is 0.153 e. The van der Waals surface area contributed by atoms with Crippen LogP contribution in [-0.4, -0.2) is 12.1 Å². The number of aromatic nitrogens is 1. The number of hydrogen-bond acceptors (Lipinski definition) is 4. The molecule has 4 nitrogen and oxygen atoms in total. The lowest BCUT2D eigenvalue weighted by atomic mass is 10.2. The van der Waals surface area contributed by atoms with E-state index in [4.69, 9.17) is 22.1 Å². The normalized spacial score (nSPS) is 10.2. The molecule has 5 heteroatoms. The fourth-order valence-electron chi connectivity index (χ4n) is 1.55. The summed E-state index contributed by atoms with van der Waals surface area (Å²) in [6.07, 6.45) is 1.74. The van der Waals surface area contributed by atoms with E-state index >= 15 is 0 Å². The third-order valence-corrected chi connectivity index (χ3v) is 2.81. The van der Waals surface area contributed by atoms with E-state index in [0.29, 0.717) is 28.0 Å². The van der Waals surface area contributed by atoms with E-state index in [1.165, 1.54) is 0 Å². The average Bonchev–Trinajstić information content (AvgIpc) is 2.35. The molecule has 0 aliphatic heterocycles. The van der Waals surface area contributed by atoms with Gasteiger partial charge in [0.15, 0.2) is 5.82 Å². The second-order valence-corrected chi connectivity index (χ2v) is 4.33. The van der Waals surface area contributed by atoms with Gasteiger partial charge in [0.05, 0.1) is 23.5 Å². The molecule has 1 aromatic heterocycles. The molecule has 0 fully saturated rings. The molecule has 0 saturated carbocycles. The van der Waals surface area contributed by atoms with E-state index in [2.05, 4.69) is 10.3 Å². The van der Waals surface area contributed by atoms with Crippen LogP contribution in [0.5, 0.6) is 5.75 Å². The molecule has 0 bridgehead atoms. The van der Waals surface area contributed by atoms with Crippen LogP contribution in [0.1, 0.15) is 5.56 Å². The fraction of sp³-hybridized carbons (Fsp3) is 0.154. The van der Waals surface area contributed by atoms with Crippen LogP contribution in [0, 0.1) is 6.92 Å². The summed E-state index contributed by atoms with van der Waals surface area (Å²) in [5.74, 6) is 1.29. The molecule has 94 valence electrons. The molecule has 0 unspecified atom stereocenters. The molecule has 2 rings (SSSR count). The highest BCUT2D eigenvalue weighted by molar-refractivity contribution is 6.33. The van der Waals surface area contributed by atoms with Crippen molar-refractivity contribution >= 4 is 28.8 Å². The Morgan fingerprint density at radius 2 is 2.11 bits per heavy atom. The lowest BCUT2D eigenvalue weighted by Gasteiger charge is -2.11. The van der Waals surface area contributed by atoms with E-state index in [1.54, 1.807) is 31.5 Å². The molecule has 0 saturated heterocycles. The van der Waals surface area contributed by atoms with Gasteiger partial charge in [-0.3, -0.25) is 0 Å². The molecule has 0 amide bonds. The van der Waals surface area contributed by atoms with Crippen molar-refractivity contribution in [1.29, 1.82) is 0 Å². The SMILES string of the molecule is COc1ccc(Cl)c(Nc2ncc(C)cc2N)c1. The van der Waals surface area contributed by atoms with Crippen LogP contribution in [-0.2, 0) is 0 Å². The summed E-state index contributed by atoms with van der Waals surface area (Å²) in [4.78, 5) is 4.23. The number of hydrogen-bond donors (Lipinski definition) is 2. The number of anilines is 3. The summed E-state index contributed by atoms with van der Waals surface area (Å²) in [6.45, 7) is 1.94.